The van der Waals surface area contributed by atoms with Crippen molar-refractivity contribution in [3.63, 3.8) is 0 Å². The zero-order chi connectivity index (χ0) is 13.2. The molecular formula is C14H13N3OS. The largest absolute Gasteiger partial charge is 0.497 e. The van der Waals surface area contributed by atoms with Crippen LogP contribution in [0.5, 0.6) is 5.75 Å². The molecule has 0 spiro atoms. The number of rotatable bonds is 3. The van der Waals surface area contributed by atoms with E-state index in [2.05, 4.69) is 4.98 Å². The maximum atomic E-state index is 6.11. The lowest BCUT2D eigenvalue weighted by Gasteiger charge is -2.15. The molecule has 96 valence electrons. The maximum Gasteiger partial charge on any atom is 0.205 e. The van der Waals surface area contributed by atoms with Gasteiger partial charge in [-0.3, -0.25) is 5.01 Å². The quantitative estimate of drug-likeness (QED) is 0.586. The normalized spacial score (nSPS) is 10.6. The number of ether oxygens (including phenoxy) is 1. The maximum absolute atomic E-state index is 6.11. The van der Waals surface area contributed by atoms with E-state index in [-0.39, 0.29) is 0 Å². The van der Waals surface area contributed by atoms with Gasteiger partial charge in [-0.2, -0.15) is 0 Å². The number of fused-ring (bicyclic) bond motifs is 1. The Morgan fingerprint density at radius 2 is 1.84 bits per heavy atom. The van der Waals surface area contributed by atoms with Crippen molar-refractivity contribution in [2.24, 2.45) is 5.84 Å². The van der Waals surface area contributed by atoms with E-state index in [1.165, 1.54) is 0 Å². The van der Waals surface area contributed by atoms with Crippen molar-refractivity contribution in [2.75, 3.05) is 12.1 Å². The topological polar surface area (TPSA) is 51.4 Å². The van der Waals surface area contributed by atoms with E-state index in [9.17, 15) is 0 Å². The molecule has 1 aromatic heterocycles. The summed E-state index contributed by atoms with van der Waals surface area (Å²) in [6, 6.07) is 15.6. The molecule has 5 heteroatoms. The number of thiazole rings is 1. The van der Waals surface area contributed by atoms with Crippen LogP contribution in [0.3, 0.4) is 0 Å². The zero-order valence-corrected chi connectivity index (χ0v) is 11.2. The van der Waals surface area contributed by atoms with Gasteiger partial charge in [0.15, 0.2) is 0 Å². The van der Waals surface area contributed by atoms with E-state index in [0.29, 0.717) is 0 Å². The molecular weight excluding hydrogens is 258 g/mol. The second kappa shape index (κ2) is 4.87. The molecule has 0 saturated heterocycles. The minimum atomic E-state index is 0.770. The molecule has 0 aliphatic carbocycles. The fourth-order valence-corrected chi connectivity index (χ4v) is 2.73. The molecule has 2 N–H and O–H groups in total. The molecule has 19 heavy (non-hydrogen) atoms. The highest BCUT2D eigenvalue weighted by Gasteiger charge is 2.10. The lowest BCUT2D eigenvalue weighted by atomic mass is 10.3. The number of hydrogen-bond donors (Lipinski definition) is 1. The van der Waals surface area contributed by atoms with Gasteiger partial charge in [0.1, 0.15) is 5.75 Å². The fourth-order valence-electron chi connectivity index (χ4n) is 1.82. The molecule has 0 radical (unpaired) electrons. The van der Waals surface area contributed by atoms with Crippen molar-refractivity contribution in [1.82, 2.24) is 4.98 Å². The van der Waals surface area contributed by atoms with E-state index in [1.54, 1.807) is 23.5 Å². The number of nitrogens with two attached hydrogens (primary N) is 1. The van der Waals surface area contributed by atoms with Gasteiger partial charge in [-0.1, -0.05) is 23.5 Å². The van der Waals surface area contributed by atoms with Crippen molar-refractivity contribution in [1.29, 1.82) is 0 Å². The van der Waals surface area contributed by atoms with Crippen LogP contribution >= 0.6 is 11.3 Å². The Labute approximate surface area is 115 Å². The minimum Gasteiger partial charge on any atom is -0.497 e. The number of aromatic nitrogens is 1. The van der Waals surface area contributed by atoms with Crippen LogP contribution in [-0.4, -0.2) is 12.1 Å². The molecule has 3 rings (SSSR count). The molecule has 4 nitrogen and oxygen atoms in total. The molecule has 0 amide bonds. The van der Waals surface area contributed by atoms with Gasteiger partial charge in [0.25, 0.3) is 0 Å². The molecule has 1 heterocycles. The van der Waals surface area contributed by atoms with Crippen LogP contribution < -0.4 is 15.6 Å². The molecule has 0 aliphatic heterocycles. The Hall–Kier alpha value is -2.11. The Morgan fingerprint density at radius 3 is 2.53 bits per heavy atom. The van der Waals surface area contributed by atoms with Crippen LogP contribution in [-0.2, 0) is 0 Å². The third kappa shape index (κ3) is 2.25. The summed E-state index contributed by atoms with van der Waals surface area (Å²) in [5.74, 6) is 6.92. The Morgan fingerprint density at radius 1 is 1.11 bits per heavy atom. The lowest BCUT2D eigenvalue weighted by Crippen LogP contribution is -2.24. The van der Waals surface area contributed by atoms with E-state index in [0.717, 1.165) is 26.8 Å². The highest BCUT2D eigenvalue weighted by Crippen LogP contribution is 2.31. The average Bonchev–Trinajstić information content (AvgIpc) is 2.90. The number of para-hydroxylation sites is 1. The van der Waals surface area contributed by atoms with Crippen LogP contribution in [0.4, 0.5) is 10.8 Å². The third-order valence-electron chi connectivity index (χ3n) is 2.84. The summed E-state index contributed by atoms with van der Waals surface area (Å²) < 4.78 is 6.26. The second-order valence-electron chi connectivity index (χ2n) is 4.03. The number of hydrazine groups is 1. The van der Waals surface area contributed by atoms with Crippen LogP contribution in [0.2, 0.25) is 0 Å². The Kier molecular flexibility index (Phi) is 3.06. The van der Waals surface area contributed by atoms with Crippen LogP contribution in [0.25, 0.3) is 10.2 Å². The van der Waals surface area contributed by atoms with Gasteiger partial charge < -0.3 is 4.74 Å². The number of methoxy groups -OCH3 is 1. The number of anilines is 2. The Balaban J connectivity index is 1.95. The summed E-state index contributed by atoms with van der Waals surface area (Å²) in [4.78, 5) is 4.52. The van der Waals surface area contributed by atoms with Crippen molar-refractivity contribution < 1.29 is 4.74 Å². The minimum absolute atomic E-state index is 0.770. The SMILES string of the molecule is COc1ccc(N(N)c2nc3ccccc3s2)cc1. The van der Waals surface area contributed by atoms with E-state index >= 15 is 0 Å². The predicted molar refractivity (Wildman–Crippen MR) is 78.9 cm³/mol. The van der Waals surface area contributed by atoms with Gasteiger partial charge in [-0.25, -0.2) is 10.8 Å². The summed E-state index contributed by atoms with van der Waals surface area (Å²) in [5, 5.41) is 2.36. The second-order valence-corrected chi connectivity index (χ2v) is 5.04. The standard InChI is InChI=1S/C14H13N3OS/c1-18-11-8-6-10(7-9-11)17(15)14-16-12-4-2-3-5-13(12)19-14/h2-9H,15H2,1H3. The van der Waals surface area contributed by atoms with Gasteiger partial charge in [0, 0.05) is 0 Å². The van der Waals surface area contributed by atoms with Gasteiger partial charge in [0.05, 0.1) is 23.0 Å². The van der Waals surface area contributed by atoms with E-state index < -0.39 is 0 Å². The predicted octanol–water partition coefficient (Wildman–Crippen LogP) is 3.32. The summed E-state index contributed by atoms with van der Waals surface area (Å²) in [6.07, 6.45) is 0. The molecule has 0 unspecified atom stereocenters. The first-order valence-corrected chi connectivity index (χ1v) is 6.64. The fraction of sp³-hybridized carbons (Fsp3) is 0.0714. The summed E-state index contributed by atoms with van der Waals surface area (Å²) in [7, 11) is 1.64. The van der Waals surface area contributed by atoms with E-state index in [4.69, 9.17) is 10.6 Å². The van der Waals surface area contributed by atoms with Crippen molar-refractivity contribution in [2.45, 2.75) is 0 Å². The van der Waals surface area contributed by atoms with Crippen LogP contribution in [0.15, 0.2) is 48.5 Å². The molecule has 0 bridgehead atoms. The van der Waals surface area contributed by atoms with Gasteiger partial charge in [-0.15, -0.1) is 0 Å². The Bertz CT molecular complexity index is 660. The highest BCUT2D eigenvalue weighted by molar-refractivity contribution is 7.22. The number of nitrogens with zero attached hydrogens (tertiary/aromatic N) is 2. The van der Waals surface area contributed by atoms with Crippen LogP contribution in [0, 0.1) is 0 Å². The lowest BCUT2D eigenvalue weighted by molar-refractivity contribution is 0.415. The highest BCUT2D eigenvalue weighted by atomic mass is 32.1. The molecule has 2 aromatic carbocycles. The average molecular weight is 271 g/mol. The van der Waals surface area contributed by atoms with Crippen molar-refractivity contribution in [3.8, 4) is 5.75 Å². The number of benzene rings is 2. The molecule has 0 saturated carbocycles. The first-order valence-electron chi connectivity index (χ1n) is 5.82. The zero-order valence-electron chi connectivity index (χ0n) is 10.4. The number of hydrogen-bond acceptors (Lipinski definition) is 5. The smallest absolute Gasteiger partial charge is 0.205 e. The van der Waals surface area contributed by atoms with Crippen molar-refractivity contribution in [3.05, 3.63) is 48.5 Å². The summed E-state index contributed by atoms with van der Waals surface area (Å²) >= 11 is 1.57. The molecule has 0 atom stereocenters. The summed E-state index contributed by atoms with van der Waals surface area (Å²) in [5.41, 5.74) is 1.84. The monoisotopic (exact) mass is 271 g/mol. The van der Waals surface area contributed by atoms with Crippen LogP contribution in [0.1, 0.15) is 0 Å². The first kappa shape index (κ1) is 12.0. The third-order valence-corrected chi connectivity index (χ3v) is 3.87. The molecule has 0 fully saturated rings. The van der Waals surface area contributed by atoms with Crippen molar-refractivity contribution >= 4 is 32.4 Å². The van der Waals surface area contributed by atoms with E-state index in [1.807, 2.05) is 48.5 Å². The first-order chi connectivity index (χ1) is 9.28. The molecule has 3 aromatic rings. The molecule has 0 aliphatic rings. The summed E-state index contributed by atoms with van der Waals surface area (Å²) in [6.45, 7) is 0. The van der Waals surface area contributed by atoms with Gasteiger partial charge in [0.2, 0.25) is 5.13 Å². The van der Waals surface area contributed by atoms with Gasteiger partial charge >= 0.3 is 0 Å². The van der Waals surface area contributed by atoms with Gasteiger partial charge in [-0.05, 0) is 36.4 Å².